The third-order valence-electron chi connectivity index (χ3n) is 1.50. The minimum absolute atomic E-state index is 0.0202. The Morgan fingerprint density at radius 1 is 1.80 bits per heavy atom. The van der Waals surface area contributed by atoms with Gasteiger partial charge in [0, 0.05) is 12.1 Å². The van der Waals surface area contributed by atoms with E-state index in [4.69, 9.17) is 0 Å². The van der Waals surface area contributed by atoms with Crippen LogP contribution in [-0.4, -0.2) is 12.5 Å². The van der Waals surface area contributed by atoms with Crippen molar-refractivity contribution in [1.29, 1.82) is 0 Å². The van der Waals surface area contributed by atoms with Crippen LogP contribution in [0.1, 0.15) is 13.3 Å². The molecule has 0 atom stereocenters. The lowest BCUT2D eigenvalue weighted by atomic mass is 10.1. The normalized spacial score (nSPS) is 21.9. The fourth-order valence-electron chi connectivity index (χ4n) is 0.979. The molecule has 0 aromatic carbocycles. The van der Waals surface area contributed by atoms with Crippen LogP contribution < -0.4 is 5.32 Å². The number of hydrogen-bond donors (Lipinski definition) is 1. The van der Waals surface area contributed by atoms with Gasteiger partial charge in [0.15, 0.2) is 0 Å². The van der Waals surface area contributed by atoms with Crippen molar-refractivity contribution >= 4 is 5.91 Å². The van der Waals surface area contributed by atoms with Crippen LogP contribution in [0.2, 0.25) is 0 Å². The molecule has 10 heavy (non-hydrogen) atoms. The van der Waals surface area contributed by atoms with E-state index < -0.39 is 0 Å². The van der Waals surface area contributed by atoms with Crippen LogP contribution in [0.25, 0.3) is 0 Å². The number of carbonyl (C=O) groups is 1. The van der Waals surface area contributed by atoms with Gasteiger partial charge in [0.1, 0.15) is 0 Å². The second kappa shape index (κ2) is 2.69. The molecule has 1 aliphatic heterocycles. The molecule has 1 saturated heterocycles. The minimum Gasteiger partial charge on any atom is -0.348 e. The summed E-state index contributed by atoms with van der Waals surface area (Å²) in [5, 5.41) is 2.70. The van der Waals surface area contributed by atoms with Gasteiger partial charge in [0.25, 0.3) is 5.91 Å². The molecule has 0 aromatic rings. The Labute approximate surface area is 60.6 Å². The van der Waals surface area contributed by atoms with Crippen molar-refractivity contribution in [2.75, 3.05) is 6.54 Å². The number of amides is 1. The van der Waals surface area contributed by atoms with Crippen LogP contribution in [0.4, 0.5) is 0 Å². The summed E-state index contributed by atoms with van der Waals surface area (Å²) in [4.78, 5) is 10.9. The summed E-state index contributed by atoms with van der Waals surface area (Å²) in [6.45, 7) is 6.37. The van der Waals surface area contributed by atoms with Gasteiger partial charge in [0.05, 0.1) is 0 Å². The number of allylic oxidation sites excluding steroid dienone is 1. The molecule has 1 fully saturated rings. The molecular weight excluding hydrogens is 126 g/mol. The highest BCUT2D eigenvalue weighted by molar-refractivity contribution is 6.00. The van der Waals surface area contributed by atoms with Gasteiger partial charge in [-0.05, 0) is 12.0 Å². The molecule has 1 rings (SSSR count). The highest BCUT2D eigenvalue weighted by Gasteiger charge is 2.18. The summed E-state index contributed by atoms with van der Waals surface area (Å²) in [5.41, 5.74) is 1.68. The van der Waals surface area contributed by atoms with Crippen molar-refractivity contribution in [3.05, 3.63) is 23.8 Å². The summed E-state index contributed by atoms with van der Waals surface area (Å²) in [7, 11) is 0. The number of hydrogen-bond acceptors (Lipinski definition) is 1. The summed E-state index contributed by atoms with van der Waals surface area (Å²) >= 11 is 0. The molecule has 0 bridgehead atoms. The van der Waals surface area contributed by atoms with Crippen LogP contribution >= 0.6 is 0 Å². The minimum atomic E-state index is 0.0202. The van der Waals surface area contributed by atoms with Crippen LogP contribution in [0.5, 0.6) is 0 Å². The van der Waals surface area contributed by atoms with Gasteiger partial charge >= 0.3 is 0 Å². The molecule has 0 saturated carbocycles. The zero-order valence-electron chi connectivity index (χ0n) is 6.11. The average Bonchev–Trinajstić information content (AvgIpc) is 2.20. The summed E-state index contributed by atoms with van der Waals surface area (Å²) in [6, 6.07) is 0. The molecule has 2 nitrogen and oxygen atoms in total. The molecule has 1 aliphatic rings. The molecule has 0 aromatic heterocycles. The molecule has 1 heterocycles. The van der Waals surface area contributed by atoms with E-state index in [2.05, 4.69) is 11.9 Å². The highest BCUT2D eigenvalue weighted by Crippen LogP contribution is 2.13. The van der Waals surface area contributed by atoms with Gasteiger partial charge in [-0.25, -0.2) is 0 Å². The predicted molar refractivity (Wildman–Crippen MR) is 40.5 cm³/mol. The van der Waals surface area contributed by atoms with E-state index in [1.807, 2.05) is 13.0 Å². The largest absolute Gasteiger partial charge is 0.348 e. The standard InChI is InChI=1S/C8H11NO/c1-3-4-7-6(2)5-9-8(7)10/h4H,2-3,5H2,1H3,(H,9,10)/b7-4+. The second-order valence-corrected chi connectivity index (χ2v) is 2.31. The van der Waals surface area contributed by atoms with Crippen LogP contribution in [-0.2, 0) is 4.79 Å². The first kappa shape index (κ1) is 7.06. The molecule has 0 radical (unpaired) electrons. The van der Waals surface area contributed by atoms with Gasteiger partial charge in [-0.3, -0.25) is 4.79 Å². The quantitative estimate of drug-likeness (QED) is 0.537. The smallest absolute Gasteiger partial charge is 0.251 e. The first-order valence-corrected chi connectivity index (χ1v) is 3.42. The maximum Gasteiger partial charge on any atom is 0.251 e. The Balaban J connectivity index is 2.82. The van der Waals surface area contributed by atoms with Gasteiger partial charge in [-0.1, -0.05) is 19.6 Å². The van der Waals surface area contributed by atoms with Crippen molar-refractivity contribution in [1.82, 2.24) is 5.32 Å². The Bertz CT molecular complexity index is 185. The number of nitrogens with one attached hydrogen (secondary N) is 1. The Kier molecular flexibility index (Phi) is 1.90. The Morgan fingerprint density at radius 3 is 2.90 bits per heavy atom. The van der Waals surface area contributed by atoms with E-state index in [-0.39, 0.29) is 5.91 Å². The second-order valence-electron chi connectivity index (χ2n) is 2.31. The molecule has 1 amide bonds. The summed E-state index contributed by atoms with van der Waals surface area (Å²) in [5.74, 6) is 0.0202. The van der Waals surface area contributed by atoms with Gasteiger partial charge in [-0.2, -0.15) is 0 Å². The Hall–Kier alpha value is -1.05. The van der Waals surface area contributed by atoms with Crippen molar-refractivity contribution in [2.24, 2.45) is 0 Å². The van der Waals surface area contributed by atoms with Gasteiger partial charge in [0.2, 0.25) is 0 Å². The first-order chi connectivity index (χ1) is 4.75. The SMILES string of the molecule is C=C1CNC(=O)/C1=C/CC. The lowest BCUT2D eigenvalue weighted by Gasteiger charge is -1.90. The van der Waals surface area contributed by atoms with Crippen LogP contribution in [0, 0.1) is 0 Å². The monoisotopic (exact) mass is 137 g/mol. The zero-order valence-corrected chi connectivity index (χ0v) is 6.11. The fourth-order valence-corrected chi connectivity index (χ4v) is 0.979. The van der Waals surface area contributed by atoms with Gasteiger partial charge in [-0.15, -0.1) is 0 Å². The van der Waals surface area contributed by atoms with E-state index in [1.165, 1.54) is 0 Å². The summed E-state index contributed by atoms with van der Waals surface area (Å²) in [6.07, 6.45) is 2.80. The zero-order chi connectivity index (χ0) is 7.56. The average molecular weight is 137 g/mol. The van der Waals surface area contributed by atoms with Crippen LogP contribution in [0.15, 0.2) is 23.8 Å². The third-order valence-corrected chi connectivity index (χ3v) is 1.50. The topological polar surface area (TPSA) is 29.1 Å². The molecule has 2 heteroatoms. The molecular formula is C8H11NO. The van der Waals surface area contributed by atoms with Gasteiger partial charge < -0.3 is 5.32 Å². The third kappa shape index (κ3) is 1.10. The maximum absolute atomic E-state index is 10.9. The predicted octanol–water partition coefficient (Wildman–Crippen LogP) is 1.01. The summed E-state index contributed by atoms with van der Waals surface area (Å²) < 4.78 is 0. The van der Waals surface area contributed by atoms with E-state index in [0.717, 1.165) is 17.6 Å². The van der Waals surface area contributed by atoms with E-state index >= 15 is 0 Å². The van der Waals surface area contributed by atoms with Crippen molar-refractivity contribution in [3.8, 4) is 0 Å². The molecule has 0 aliphatic carbocycles. The van der Waals surface area contributed by atoms with E-state index in [0.29, 0.717) is 6.54 Å². The highest BCUT2D eigenvalue weighted by atomic mass is 16.2. The molecule has 54 valence electrons. The fraction of sp³-hybridized carbons (Fsp3) is 0.375. The van der Waals surface area contributed by atoms with Crippen molar-refractivity contribution in [3.63, 3.8) is 0 Å². The van der Waals surface area contributed by atoms with E-state index in [1.54, 1.807) is 0 Å². The van der Waals surface area contributed by atoms with Crippen LogP contribution in [0.3, 0.4) is 0 Å². The van der Waals surface area contributed by atoms with Crippen molar-refractivity contribution < 1.29 is 4.79 Å². The molecule has 0 unspecified atom stereocenters. The molecule has 1 N–H and O–H groups in total. The number of rotatable bonds is 1. The maximum atomic E-state index is 10.9. The van der Waals surface area contributed by atoms with E-state index in [9.17, 15) is 4.79 Å². The molecule has 0 spiro atoms. The first-order valence-electron chi connectivity index (χ1n) is 3.42. The van der Waals surface area contributed by atoms with Crippen molar-refractivity contribution in [2.45, 2.75) is 13.3 Å². The lowest BCUT2D eigenvalue weighted by molar-refractivity contribution is -0.116. The lowest BCUT2D eigenvalue weighted by Crippen LogP contribution is -2.14. The Morgan fingerprint density at radius 2 is 2.50 bits per heavy atom. The number of carbonyl (C=O) groups excluding carboxylic acids is 1.